The summed E-state index contributed by atoms with van der Waals surface area (Å²) in [7, 11) is 1.88. The molecule has 2 heterocycles. The van der Waals surface area contributed by atoms with Crippen molar-refractivity contribution in [2.75, 3.05) is 49.7 Å². The Morgan fingerprint density at radius 3 is 2.73 bits per heavy atom. The van der Waals surface area contributed by atoms with Crippen molar-refractivity contribution in [1.82, 2.24) is 10.3 Å². The van der Waals surface area contributed by atoms with Crippen molar-refractivity contribution >= 4 is 45.1 Å². The van der Waals surface area contributed by atoms with Gasteiger partial charge in [0.25, 0.3) is 5.91 Å². The van der Waals surface area contributed by atoms with Crippen molar-refractivity contribution in [3.63, 3.8) is 0 Å². The molecule has 0 spiro atoms. The largest absolute Gasteiger partial charge is 0.356 e. The third-order valence-electron chi connectivity index (χ3n) is 5.22. The average molecular weight is 545 g/mol. The molecule has 6 nitrogen and oxygen atoms in total. The topological polar surface area (TPSA) is 83.3 Å². The van der Waals surface area contributed by atoms with Crippen molar-refractivity contribution in [3.8, 4) is 0 Å². The molecular weight excluding hydrogens is 512 g/mol. The van der Waals surface area contributed by atoms with Gasteiger partial charge >= 0.3 is 0 Å². The first-order valence-corrected chi connectivity index (χ1v) is 12.8. The SMILES string of the molecule is CNCCN.CSc1cccc(NC(=O)c2c(N3CCCC(F)(F)CC3)ncc(Br)c2C)c1. The maximum Gasteiger partial charge on any atom is 0.259 e. The second-order valence-corrected chi connectivity index (χ2v) is 9.44. The lowest BCUT2D eigenvalue weighted by Gasteiger charge is -2.25. The number of hydrogen-bond donors (Lipinski definition) is 3. The second kappa shape index (κ2) is 13.2. The van der Waals surface area contributed by atoms with E-state index in [-0.39, 0.29) is 25.3 Å². The molecule has 33 heavy (non-hydrogen) atoms. The fourth-order valence-corrected chi connectivity index (χ4v) is 4.15. The molecular formula is C23H32BrF2N5OS. The minimum Gasteiger partial charge on any atom is -0.356 e. The molecule has 4 N–H and O–H groups in total. The van der Waals surface area contributed by atoms with Crippen molar-refractivity contribution in [2.24, 2.45) is 5.73 Å². The first-order chi connectivity index (χ1) is 15.7. The van der Waals surface area contributed by atoms with Crippen LogP contribution in [-0.4, -0.2) is 56.3 Å². The van der Waals surface area contributed by atoms with Crippen LogP contribution in [0.2, 0.25) is 0 Å². The summed E-state index contributed by atoms with van der Waals surface area (Å²) in [6.45, 7) is 4.10. The molecule has 0 aliphatic carbocycles. The summed E-state index contributed by atoms with van der Waals surface area (Å²) in [5.74, 6) is -2.51. The van der Waals surface area contributed by atoms with Gasteiger partial charge < -0.3 is 21.3 Å². The third-order valence-corrected chi connectivity index (χ3v) is 6.75. The number of nitrogens with two attached hydrogens (primary N) is 1. The van der Waals surface area contributed by atoms with Crippen LogP contribution in [0.4, 0.5) is 20.3 Å². The molecule has 1 aromatic heterocycles. The van der Waals surface area contributed by atoms with E-state index in [4.69, 9.17) is 5.73 Å². The van der Waals surface area contributed by atoms with E-state index >= 15 is 0 Å². The van der Waals surface area contributed by atoms with E-state index in [1.54, 1.807) is 22.9 Å². The molecule has 3 rings (SSSR count). The molecule has 1 saturated heterocycles. The first-order valence-electron chi connectivity index (χ1n) is 10.8. The zero-order valence-electron chi connectivity index (χ0n) is 19.3. The Balaban J connectivity index is 0.000000696. The van der Waals surface area contributed by atoms with Crippen LogP contribution in [0.25, 0.3) is 0 Å². The number of pyridine rings is 1. The first kappa shape index (κ1) is 27.5. The predicted octanol–water partition coefficient (Wildman–Crippen LogP) is 4.92. The number of benzene rings is 1. The lowest BCUT2D eigenvalue weighted by atomic mass is 10.1. The molecule has 1 amide bonds. The molecule has 1 aliphatic rings. The van der Waals surface area contributed by atoms with Gasteiger partial charge in [0, 0.05) is 60.3 Å². The highest BCUT2D eigenvalue weighted by Gasteiger charge is 2.33. The van der Waals surface area contributed by atoms with Gasteiger partial charge in [-0.05, 0) is 66.3 Å². The smallest absolute Gasteiger partial charge is 0.259 e. The van der Waals surface area contributed by atoms with Crippen molar-refractivity contribution in [2.45, 2.75) is 37.0 Å². The van der Waals surface area contributed by atoms with E-state index in [0.717, 1.165) is 23.5 Å². The van der Waals surface area contributed by atoms with Gasteiger partial charge in [0.15, 0.2) is 0 Å². The molecule has 0 bridgehead atoms. The quantitative estimate of drug-likeness (QED) is 0.448. The second-order valence-electron chi connectivity index (χ2n) is 7.70. The van der Waals surface area contributed by atoms with Crippen LogP contribution < -0.4 is 21.3 Å². The van der Waals surface area contributed by atoms with Gasteiger partial charge in [0.05, 0.1) is 5.56 Å². The van der Waals surface area contributed by atoms with Crippen molar-refractivity contribution in [3.05, 3.63) is 46.1 Å². The highest BCUT2D eigenvalue weighted by atomic mass is 79.9. The Bertz CT molecular complexity index is 930. The van der Waals surface area contributed by atoms with Crippen LogP contribution in [0.15, 0.2) is 39.8 Å². The number of aromatic nitrogens is 1. The van der Waals surface area contributed by atoms with Crippen LogP contribution in [0, 0.1) is 6.92 Å². The summed E-state index contributed by atoms with van der Waals surface area (Å²) >= 11 is 5.02. The summed E-state index contributed by atoms with van der Waals surface area (Å²) in [4.78, 5) is 20.4. The minimum absolute atomic E-state index is 0.137. The van der Waals surface area contributed by atoms with E-state index in [9.17, 15) is 13.6 Å². The van der Waals surface area contributed by atoms with E-state index < -0.39 is 5.92 Å². The lowest BCUT2D eigenvalue weighted by Crippen LogP contribution is -2.30. The van der Waals surface area contributed by atoms with Crippen LogP contribution in [0.5, 0.6) is 0 Å². The summed E-state index contributed by atoms with van der Waals surface area (Å²) in [6.07, 6.45) is 3.58. The van der Waals surface area contributed by atoms with Crippen molar-refractivity contribution < 1.29 is 13.6 Å². The van der Waals surface area contributed by atoms with Gasteiger partial charge in [-0.15, -0.1) is 11.8 Å². The van der Waals surface area contributed by atoms with E-state index in [1.165, 1.54) is 0 Å². The molecule has 2 aromatic rings. The minimum atomic E-state index is -2.67. The maximum absolute atomic E-state index is 13.8. The number of halogens is 3. The maximum atomic E-state index is 13.8. The summed E-state index contributed by atoms with van der Waals surface area (Å²) in [5.41, 5.74) is 6.91. The number of thioether (sulfide) groups is 1. The van der Waals surface area contributed by atoms with Gasteiger partial charge in [-0.2, -0.15) is 0 Å². The molecule has 182 valence electrons. The Morgan fingerprint density at radius 1 is 1.33 bits per heavy atom. The number of nitrogens with zero attached hydrogens (tertiary/aromatic N) is 2. The van der Waals surface area contributed by atoms with Crippen molar-refractivity contribution in [1.29, 1.82) is 0 Å². The van der Waals surface area contributed by atoms with Gasteiger partial charge in [0.1, 0.15) is 5.82 Å². The fraction of sp³-hybridized carbons (Fsp3) is 0.478. The fourth-order valence-electron chi connectivity index (χ4n) is 3.39. The summed E-state index contributed by atoms with van der Waals surface area (Å²) in [5, 5.41) is 5.82. The van der Waals surface area contributed by atoms with Crippen LogP contribution in [-0.2, 0) is 0 Å². The lowest BCUT2D eigenvalue weighted by molar-refractivity contribution is -0.0102. The molecule has 0 saturated carbocycles. The number of alkyl halides is 2. The van der Waals surface area contributed by atoms with Gasteiger partial charge in [-0.3, -0.25) is 4.79 Å². The molecule has 1 aromatic carbocycles. The van der Waals surface area contributed by atoms with Gasteiger partial charge in [0.2, 0.25) is 5.92 Å². The predicted molar refractivity (Wildman–Crippen MR) is 137 cm³/mol. The summed E-state index contributed by atoms with van der Waals surface area (Å²) in [6, 6.07) is 7.57. The zero-order chi connectivity index (χ0) is 24.4. The highest BCUT2D eigenvalue weighted by molar-refractivity contribution is 9.10. The standard InChI is InChI=1S/C20H22BrF2N3OS.C3H10N2/c1-13-16(21)12-24-18(26-9-4-7-20(22,23)8-10-26)17(13)19(27)25-14-5-3-6-15(11-14)28-2;1-5-3-2-4/h3,5-6,11-12H,4,7-10H2,1-2H3,(H,25,27);5H,2-4H2,1H3. The highest BCUT2D eigenvalue weighted by Crippen LogP contribution is 2.33. The number of amides is 1. The third kappa shape index (κ3) is 8.20. The van der Waals surface area contributed by atoms with Gasteiger partial charge in [-0.1, -0.05) is 6.07 Å². The normalized spacial score (nSPS) is 15.3. The number of likely N-dealkylation sites (N-methyl/N-ethyl adjacent to an activating group) is 1. The Kier molecular flexibility index (Phi) is 11.0. The Morgan fingerprint density at radius 2 is 2.09 bits per heavy atom. The average Bonchev–Trinajstić information content (AvgIpc) is 2.97. The number of carbonyl (C=O) groups is 1. The Hall–Kier alpha value is -1.75. The number of carbonyl (C=O) groups excluding carboxylic acids is 1. The van der Waals surface area contributed by atoms with E-state index in [0.29, 0.717) is 34.5 Å². The Labute approximate surface area is 207 Å². The van der Waals surface area contributed by atoms with Crippen LogP contribution in [0.3, 0.4) is 0 Å². The molecule has 1 fully saturated rings. The summed E-state index contributed by atoms with van der Waals surface area (Å²) < 4.78 is 28.3. The number of hydrogen-bond acceptors (Lipinski definition) is 6. The van der Waals surface area contributed by atoms with Gasteiger partial charge in [-0.25, -0.2) is 13.8 Å². The molecule has 0 atom stereocenters. The monoisotopic (exact) mass is 543 g/mol. The van der Waals surface area contributed by atoms with E-state index in [2.05, 4.69) is 31.5 Å². The molecule has 0 radical (unpaired) electrons. The van der Waals surface area contributed by atoms with Crippen LogP contribution in [0.1, 0.15) is 35.2 Å². The number of rotatable bonds is 6. The molecule has 0 unspecified atom stereocenters. The van der Waals surface area contributed by atoms with E-state index in [1.807, 2.05) is 44.5 Å². The molecule has 1 aliphatic heterocycles. The zero-order valence-corrected chi connectivity index (χ0v) is 21.7. The number of anilines is 2. The number of nitrogens with one attached hydrogen (secondary N) is 2. The molecule has 10 heteroatoms. The van der Waals surface area contributed by atoms with Crippen LogP contribution >= 0.6 is 27.7 Å².